The van der Waals surface area contributed by atoms with Crippen molar-refractivity contribution in [2.24, 2.45) is 12.8 Å². The summed E-state index contributed by atoms with van der Waals surface area (Å²) in [5.41, 5.74) is 17.3. The molecule has 4 N–H and O–H groups in total. The molecule has 0 fully saturated rings. The molecule has 0 unspecified atom stereocenters. The normalized spacial score (nSPS) is 17.9. The van der Waals surface area contributed by atoms with Gasteiger partial charge in [0.25, 0.3) is 0 Å². The molecule has 2 atom stereocenters. The Kier molecular flexibility index (Phi) is 4.79. The second kappa shape index (κ2) is 7.80. The van der Waals surface area contributed by atoms with Crippen molar-refractivity contribution in [2.45, 2.75) is 32.4 Å². The largest absolute Gasteiger partial charge is 0.482 e. The van der Waals surface area contributed by atoms with E-state index >= 15 is 0 Å². The van der Waals surface area contributed by atoms with Crippen LogP contribution in [0.1, 0.15) is 42.6 Å². The molecule has 0 saturated carbocycles. The number of urea groups is 1. The number of anilines is 2. The van der Waals surface area contributed by atoms with Gasteiger partial charge in [-0.15, -0.1) is 0 Å². The first-order valence-electron chi connectivity index (χ1n) is 11.7. The smallest absolute Gasteiger partial charge is 0.320 e. The molecule has 6 rings (SSSR count). The van der Waals surface area contributed by atoms with Gasteiger partial charge in [0.15, 0.2) is 17.4 Å². The number of hydrogen-bond acceptors (Lipinski definition) is 6. The maximum atomic E-state index is 14.4. The van der Waals surface area contributed by atoms with Gasteiger partial charge in [-0.2, -0.15) is 10.2 Å². The third-order valence-electron chi connectivity index (χ3n) is 6.90. The highest BCUT2D eigenvalue weighted by Gasteiger charge is 2.41. The van der Waals surface area contributed by atoms with Gasteiger partial charge in [-0.25, -0.2) is 14.2 Å². The van der Waals surface area contributed by atoms with Crippen molar-refractivity contribution in [3.63, 3.8) is 0 Å². The van der Waals surface area contributed by atoms with E-state index in [2.05, 4.69) is 4.98 Å². The van der Waals surface area contributed by atoms with Gasteiger partial charge in [0.1, 0.15) is 11.9 Å². The number of rotatable bonds is 1. The lowest BCUT2D eigenvalue weighted by Gasteiger charge is -2.22. The van der Waals surface area contributed by atoms with Crippen molar-refractivity contribution in [2.75, 3.05) is 17.2 Å². The van der Waals surface area contributed by atoms with Crippen molar-refractivity contribution >= 4 is 17.7 Å². The van der Waals surface area contributed by atoms with Crippen LogP contribution in [0.5, 0.6) is 5.75 Å². The molecule has 11 heteroatoms. The van der Waals surface area contributed by atoms with Gasteiger partial charge >= 0.3 is 6.03 Å². The summed E-state index contributed by atoms with van der Waals surface area (Å²) < 4.78 is 24.3. The average molecular weight is 489 g/mol. The molecule has 0 saturated heterocycles. The lowest BCUT2D eigenvalue weighted by atomic mass is 9.88. The fourth-order valence-electron chi connectivity index (χ4n) is 5.31. The Bertz CT molecular complexity index is 1540. The number of nitrogens with zero attached hydrogens (tertiary/aromatic N) is 6. The Morgan fingerprint density at radius 3 is 2.81 bits per heavy atom. The standard InChI is InChI=1S/C25H25FN8O2/c1-4-34-22-13-7-19(23(27)29-9-13)36-12(2)16-8-14(26)5-6-15(16)21-18(10-32(3)30-21)17-11-33(25(28)35)24(31-34)20(17)22/h5-10,12,17H,4,11H2,1-3H3,(H2,27,29)(H2,28,35)/t12-,17-/m1/s1. The van der Waals surface area contributed by atoms with Gasteiger partial charge in [-0.05, 0) is 38.1 Å². The molecule has 36 heavy (non-hydrogen) atoms. The summed E-state index contributed by atoms with van der Waals surface area (Å²) in [5, 5.41) is 9.52. The van der Waals surface area contributed by atoms with Crippen molar-refractivity contribution in [1.29, 1.82) is 0 Å². The fraction of sp³-hybridized carbons (Fsp3) is 0.280. The number of nitrogens with two attached hydrogens (primary N) is 2. The average Bonchev–Trinajstić information content (AvgIpc) is 3.51. The molecule has 2 aliphatic rings. The number of carbonyl (C=O) groups is 1. The second-order valence-electron chi connectivity index (χ2n) is 9.11. The van der Waals surface area contributed by atoms with Gasteiger partial charge in [0.05, 0.1) is 11.4 Å². The molecule has 0 aliphatic carbocycles. The molecule has 0 spiro atoms. The predicted molar refractivity (Wildman–Crippen MR) is 132 cm³/mol. The van der Waals surface area contributed by atoms with Crippen LogP contribution >= 0.6 is 0 Å². The summed E-state index contributed by atoms with van der Waals surface area (Å²) in [6.07, 6.45) is 3.04. The van der Waals surface area contributed by atoms with Crippen LogP contribution in [0, 0.1) is 5.82 Å². The summed E-state index contributed by atoms with van der Waals surface area (Å²) >= 11 is 0. The van der Waals surface area contributed by atoms with Crippen LogP contribution in [-0.2, 0) is 13.6 Å². The number of aryl methyl sites for hydroxylation is 2. The first-order valence-corrected chi connectivity index (χ1v) is 11.7. The van der Waals surface area contributed by atoms with Gasteiger partial charge in [0.2, 0.25) is 0 Å². The Morgan fingerprint density at radius 2 is 2.06 bits per heavy atom. The molecular formula is C25H25FN8O2. The number of benzene rings is 1. The number of aromatic nitrogens is 5. The van der Waals surface area contributed by atoms with Crippen molar-refractivity contribution in [3.8, 4) is 28.3 Å². The first-order chi connectivity index (χ1) is 17.3. The Hall–Kier alpha value is -4.41. The Morgan fingerprint density at radius 1 is 1.25 bits per heavy atom. The van der Waals surface area contributed by atoms with E-state index in [1.807, 2.05) is 37.8 Å². The number of halogens is 1. The number of carbonyl (C=O) groups excluding carboxylic acids is 1. The summed E-state index contributed by atoms with van der Waals surface area (Å²) in [4.78, 5) is 18.4. The highest BCUT2D eigenvalue weighted by atomic mass is 19.1. The zero-order chi connectivity index (χ0) is 25.3. The van der Waals surface area contributed by atoms with Crippen molar-refractivity contribution in [1.82, 2.24) is 24.5 Å². The maximum Gasteiger partial charge on any atom is 0.320 e. The van der Waals surface area contributed by atoms with E-state index in [0.717, 1.165) is 27.9 Å². The Balaban J connectivity index is 1.73. The van der Waals surface area contributed by atoms with Crippen LogP contribution in [0.4, 0.5) is 20.8 Å². The van der Waals surface area contributed by atoms with E-state index in [0.29, 0.717) is 35.9 Å². The van der Waals surface area contributed by atoms with Crippen LogP contribution in [0.3, 0.4) is 0 Å². The SMILES string of the molecule is CCn1nc2c3c1-c1cnc(N)c(c1)O[C@H](C)c1cc(F)ccc1-c1nn(C)cc1[C@H]3CN2C(N)=O. The number of fused-ring (bicyclic) bond motifs is 7. The minimum atomic E-state index is -0.587. The number of nitrogen functional groups attached to an aromatic ring is 1. The van der Waals surface area contributed by atoms with E-state index in [1.54, 1.807) is 16.9 Å². The molecule has 1 aromatic carbocycles. The zero-order valence-electron chi connectivity index (χ0n) is 20.1. The monoisotopic (exact) mass is 488 g/mol. The molecule has 3 aromatic heterocycles. The topological polar surface area (TPSA) is 130 Å². The van der Waals surface area contributed by atoms with Crippen LogP contribution < -0.4 is 21.1 Å². The molecule has 10 nitrogen and oxygen atoms in total. The molecule has 5 heterocycles. The molecule has 0 radical (unpaired) electrons. The number of primary amides is 1. The van der Waals surface area contributed by atoms with Gasteiger partial charge in [0, 0.05) is 66.3 Å². The molecule has 2 aliphatic heterocycles. The summed E-state index contributed by atoms with van der Waals surface area (Å²) in [7, 11) is 1.83. The van der Waals surface area contributed by atoms with E-state index in [-0.39, 0.29) is 17.6 Å². The molecule has 184 valence electrons. The van der Waals surface area contributed by atoms with Crippen LogP contribution in [-0.4, -0.2) is 37.1 Å². The van der Waals surface area contributed by atoms with Crippen LogP contribution in [0.2, 0.25) is 0 Å². The minimum absolute atomic E-state index is 0.216. The summed E-state index contributed by atoms with van der Waals surface area (Å²) in [5.74, 6) is 0.428. The molecule has 2 bridgehead atoms. The molecule has 4 aromatic rings. The van der Waals surface area contributed by atoms with E-state index in [4.69, 9.17) is 26.4 Å². The van der Waals surface area contributed by atoms with E-state index < -0.39 is 12.1 Å². The maximum absolute atomic E-state index is 14.4. The third kappa shape index (κ3) is 3.15. The highest BCUT2D eigenvalue weighted by Crippen LogP contribution is 2.49. The number of amides is 2. The van der Waals surface area contributed by atoms with Crippen molar-refractivity contribution in [3.05, 3.63) is 59.2 Å². The third-order valence-corrected chi connectivity index (χ3v) is 6.90. The lowest BCUT2D eigenvalue weighted by Crippen LogP contribution is -2.35. The van der Waals surface area contributed by atoms with Crippen LogP contribution in [0.25, 0.3) is 22.5 Å². The number of hydrogen-bond donors (Lipinski definition) is 2. The highest BCUT2D eigenvalue weighted by molar-refractivity contribution is 5.95. The Labute approximate surface area is 206 Å². The van der Waals surface area contributed by atoms with Gasteiger partial charge in [-0.3, -0.25) is 14.3 Å². The van der Waals surface area contributed by atoms with Gasteiger partial charge < -0.3 is 16.2 Å². The number of pyridine rings is 1. The molecule has 2 amide bonds. The first kappa shape index (κ1) is 22.1. The fourth-order valence-corrected chi connectivity index (χ4v) is 5.31. The minimum Gasteiger partial charge on any atom is -0.482 e. The summed E-state index contributed by atoms with van der Waals surface area (Å²) in [6.45, 7) is 4.67. The van der Waals surface area contributed by atoms with E-state index in [9.17, 15) is 9.18 Å². The quantitative estimate of drug-likeness (QED) is 0.421. The zero-order valence-corrected chi connectivity index (χ0v) is 20.1. The second-order valence-corrected chi connectivity index (χ2v) is 9.11. The predicted octanol–water partition coefficient (Wildman–Crippen LogP) is 3.57. The molecular weight excluding hydrogens is 463 g/mol. The van der Waals surface area contributed by atoms with Crippen LogP contribution in [0.15, 0.2) is 36.7 Å². The van der Waals surface area contributed by atoms with Crippen molar-refractivity contribution < 1.29 is 13.9 Å². The van der Waals surface area contributed by atoms with E-state index in [1.165, 1.54) is 17.0 Å². The number of ether oxygens (including phenoxy) is 1. The summed E-state index contributed by atoms with van der Waals surface area (Å²) in [6, 6.07) is 5.79. The van der Waals surface area contributed by atoms with Gasteiger partial charge in [-0.1, -0.05) is 0 Å². The lowest BCUT2D eigenvalue weighted by molar-refractivity contribution is 0.227.